The van der Waals surface area contributed by atoms with Crippen molar-refractivity contribution >= 4 is 16.9 Å². The van der Waals surface area contributed by atoms with Crippen LogP contribution in [0, 0.1) is 0 Å². The van der Waals surface area contributed by atoms with E-state index in [0.29, 0.717) is 19.8 Å². The first-order valence-electron chi connectivity index (χ1n) is 6.98. The maximum atomic E-state index is 12.6. The van der Waals surface area contributed by atoms with Gasteiger partial charge < -0.3 is 9.64 Å². The number of rotatable bonds is 1. The van der Waals surface area contributed by atoms with E-state index in [0.717, 1.165) is 0 Å². The Kier molecular flexibility index (Phi) is 3.53. The zero-order valence-corrected chi connectivity index (χ0v) is 12.3. The van der Waals surface area contributed by atoms with Crippen LogP contribution in [-0.2, 0) is 11.8 Å². The molecule has 1 saturated heterocycles. The SMILES string of the molecule is C[C@@H]1COCCN1C(=O)c1ccc2c(=O)[nH]c(=O)n(C)c2n1. The van der Waals surface area contributed by atoms with Gasteiger partial charge in [-0.2, -0.15) is 0 Å². The zero-order valence-electron chi connectivity index (χ0n) is 12.3. The molecule has 3 rings (SSSR count). The number of amides is 1. The van der Waals surface area contributed by atoms with Gasteiger partial charge in [0.25, 0.3) is 11.5 Å². The Hall–Kier alpha value is -2.48. The van der Waals surface area contributed by atoms with Crippen LogP contribution in [0.3, 0.4) is 0 Å². The quantitative estimate of drug-likeness (QED) is 0.765. The standard InChI is InChI=1S/C14H16N4O4/c1-8-7-22-6-5-18(8)13(20)10-4-3-9-11(15-10)17(2)14(21)16-12(9)19/h3-4,8H,5-7H2,1-2H3,(H,16,19,21)/t8-/m1/s1. The molecule has 0 bridgehead atoms. The average molecular weight is 304 g/mol. The lowest BCUT2D eigenvalue weighted by molar-refractivity contribution is 0.00329. The minimum atomic E-state index is -0.561. The van der Waals surface area contributed by atoms with Gasteiger partial charge in [0.2, 0.25) is 0 Å². The van der Waals surface area contributed by atoms with Gasteiger partial charge in [-0.25, -0.2) is 9.78 Å². The lowest BCUT2D eigenvalue weighted by Crippen LogP contribution is -2.47. The van der Waals surface area contributed by atoms with Crippen molar-refractivity contribution in [3.05, 3.63) is 38.7 Å². The molecule has 1 aliphatic heterocycles. The molecule has 1 amide bonds. The van der Waals surface area contributed by atoms with Crippen molar-refractivity contribution in [1.29, 1.82) is 0 Å². The summed E-state index contributed by atoms with van der Waals surface area (Å²) in [6, 6.07) is 2.98. The number of aromatic amines is 1. The van der Waals surface area contributed by atoms with Crippen LogP contribution < -0.4 is 11.2 Å². The second kappa shape index (κ2) is 5.38. The summed E-state index contributed by atoms with van der Waals surface area (Å²) in [7, 11) is 1.50. The third-order valence-corrected chi connectivity index (χ3v) is 3.81. The van der Waals surface area contributed by atoms with E-state index in [1.807, 2.05) is 6.92 Å². The molecule has 0 aliphatic carbocycles. The summed E-state index contributed by atoms with van der Waals surface area (Å²) in [6.45, 7) is 3.37. The molecule has 22 heavy (non-hydrogen) atoms. The van der Waals surface area contributed by atoms with E-state index in [1.165, 1.54) is 23.7 Å². The van der Waals surface area contributed by atoms with Crippen molar-refractivity contribution in [3.63, 3.8) is 0 Å². The van der Waals surface area contributed by atoms with E-state index < -0.39 is 11.2 Å². The van der Waals surface area contributed by atoms with E-state index in [4.69, 9.17) is 4.74 Å². The van der Waals surface area contributed by atoms with E-state index >= 15 is 0 Å². The third-order valence-electron chi connectivity index (χ3n) is 3.81. The number of H-pyrrole nitrogens is 1. The summed E-state index contributed by atoms with van der Waals surface area (Å²) in [5.74, 6) is -0.231. The van der Waals surface area contributed by atoms with Gasteiger partial charge >= 0.3 is 5.69 Å². The van der Waals surface area contributed by atoms with Crippen LogP contribution in [-0.4, -0.2) is 51.1 Å². The van der Waals surface area contributed by atoms with Crippen molar-refractivity contribution in [2.75, 3.05) is 19.8 Å². The molecule has 1 fully saturated rings. The highest BCUT2D eigenvalue weighted by Crippen LogP contribution is 2.13. The van der Waals surface area contributed by atoms with Crippen molar-refractivity contribution in [2.45, 2.75) is 13.0 Å². The highest BCUT2D eigenvalue weighted by atomic mass is 16.5. The number of carbonyl (C=O) groups excluding carboxylic acids is 1. The maximum absolute atomic E-state index is 12.6. The van der Waals surface area contributed by atoms with Gasteiger partial charge in [0, 0.05) is 13.6 Å². The number of nitrogens with zero attached hydrogens (tertiary/aromatic N) is 3. The van der Waals surface area contributed by atoms with Crippen LogP contribution >= 0.6 is 0 Å². The molecule has 0 unspecified atom stereocenters. The number of aromatic nitrogens is 3. The van der Waals surface area contributed by atoms with Gasteiger partial charge in [0.15, 0.2) is 0 Å². The molecule has 1 N–H and O–H groups in total. The lowest BCUT2D eigenvalue weighted by atomic mass is 10.2. The summed E-state index contributed by atoms with van der Waals surface area (Å²) >= 11 is 0. The number of aryl methyl sites for hydroxylation is 1. The molecule has 8 nitrogen and oxygen atoms in total. The largest absolute Gasteiger partial charge is 0.377 e. The number of hydrogen-bond acceptors (Lipinski definition) is 5. The van der Waals surface area contributed by atoms with Crippen molar-refractivity contribution in [1.82, 2.24) is 19.4 Å². The Morgan fingerprint density at radius 3 is 2.91 bits per heavy atom. The molecule has 2 aromatic rings. The van der Waals surface area contributed by atoms with Gasteiger partial charge in [0.1, 0.15) is 11.3 Å². The van der Waals surface area contributed by atoms with Crippen LogP contribution in [0.15, 0.2) is 21.7 Å². The predicted molar refractivity (Wildman–Crippen MR) is 78.9 cm³/mol. The number of carbonyl (C=O) groups is 1. The summed E-state index contributed by atoms with van der Waals surface area (Å²) in [5, 5.41) is 0.272. The van der Waals surface area contributed by atoms with Gasteiger partial charge in [-0.05, 0) is 19.1 Å². The number of hydrogen-bond donors (Lipinski definition) is 1. The molecule has 116 valence electrons. The second-order valence-corrected chi connectivity index (χ2v) is 5.31. The molecule has 0 saturated carbocycles. The van der Waals surface area contributed by atoms with Crippen molar-refractivity contribution < 1.29 is 9.53 Å². The summed E-state index contributed by atoms with van der Waals surface area (Å²) < 4.78 is 6.53. The molecule has 8 heteroatoms. The molecular weight excluding hydrogens is 288 g/mol. The fourth-order valence-corrected chi connectivity index (χ4v) is 2.52. The second-order valence-electron chi connectivity index (χ2n) is 5.31. The first-order valence-corrected chi connectivity index (χ1v) is 6.98. The van der Waals surface area contributed by atoms with Gasteiger partial charge in [-0.15, -0.1) is 0 Å². The van der Waals surface area contributed by atoms with Crippen LogP contribution in [0.5, 0.6) is 0 Å². The maximum Gasteiger partial charge on any atom is 0.329 e. The number of pyridine rings is 1. The van der Waals surface area contributed by atoms with Gasteiger partial charge in [-0.1, -0.05) is 0 Å². The van der Waals surface area contributed by atoms with E-state index in [9.17, 15) is 14.4 Å². The van der Waals surface area contributed by atoms with E-state index in [-0.39, 0.29) is 28.7 Å². The van der Waals surface area contributed by atoms with Gasteiger partial charge in [0.05, 0.1) is 24.6 Å². The fourth-order valence-electron chi connectivity index (χ4n) is 2.52. The van der Waals surface area contributed by atoms with Crippen LogP contribution in [0.25, 0.3) is 11.0 Å². The number of morpholine rings is 1. The van der Waals surface area contributed by atoms with Crippen molar-refractivity contribution in [3.8, 4) is 0 Å². The fraction of sp³-hybridized carbons (Fsp3) is 0.429. The first-order chi connectivity index (χ1) is 10.5. The van der Waals surface area contributed by atoms with E-state index in [1.54, 1.807) is 4.90 Å². The molecule has 1 aliphatic rings. The molecule has 1 atom stereocenters. The smallest absolute Gasteiger partial charge is 0.329 e. The molecule has 0 aromatic carbocycles. The van der Waals surface area contributed by atoms with E-state index in [2.05, 4.69) is 9.97 Å². The predicted octanol–water partition coefficient (Wildman–Crippen LogP) is -0.517. The van der Waals surface area contributed by atoms with Gasteiger partial charge in [-0.3, -0.25) is 19.1 Å². The molecule has 0 radical (unpaired) electrons. The normalized spacial score (nSPS) is 18.6. The van der Waals surface area contributed by atoms with Crippen molar-refractivity contribution in [2.24, 2.45) is 7.05 Å². The Balaban J connectivity index is 2.08. The monoisotopic (exact) mass is 304 g/mol. The Labute approximate surface area is 125 Å². The minimum Gasteiger partial charge on any atom is -0.377 e. The molecule has 0 spiro atoms. The first kappa shape index (κ1) is 14.5. The highest BCUT2D eigenvalue weighted by molar-refractivity contribution is 5.94. The van der Waals surface area contributed by atoms with Crippen LogP contribution in [0.4, 0.5) is 0 Å². The summed E-state index contributed by atoms with van der Waals surface area (Å²) in [4.78, 5) is 44.1. The topological polar surface area (TPSA) is 97.3 Å². The zero-order chi connectivity index (χ0) is 15.9. The lowest BCUT2D eigenvalue weighted by Gasteiger charge is -2.33. The summed E-state index contributed by atoms with van der Waals surface area (Å²) in [5.41, 5.74) is -0.666. The van der Waals surface area contributed by atoms with Crippen LogP contribution in [0.1, 0.15) is 17.4 Å². The molecule has 2 aromatic heterocycles. The Morgan fingerprint density at radius 1 is 1.41 bits per heavy atom. The Bertz CT molecular complexity index is 854. The number of fused-ring (bicyclic) bond motifs is 1. The third kappa shape index (κ3) is 2.31. The highest BCUT2D eigenvalue weighted by Gasteiger charge is 2.26. The average Bonchev–Trinajstić information content (AvgIpc) is 2.52. The summed E-state index contributed by atoms with van der Waals surface area (Å²) in [6.07, 6.45) is 0. The number of nitrogens with one attached hydrogen (secondary N) is 1. The molecular formula is C14H16N4O4. The Morgan fingerprint density at radius 2 is 2.18 bits per heavy atom. The molecule has 3 heterocycles. The number of ether oxygens (including phenoxy) is 1. The minimum absolute atomic E-state index is 0.0401. The van der Waals surface area contributed by atoms with Crippen LogP contribution in [0.2, 0.25) is 0 Å².